The third kappa shape index (κ3) is 14.4. The van der Waals surface area contributed by atoms with Crippen LogP contribution in [-0.4, -0.2) is 68.0 Å². The van der Waals surface area contributed by atoms with Crippen LogP contribution in [0.1, 0.15) is 0 Å². The summed E-state index contributed by atoms with van der Waals surface area (Å²) in [5, 5.41) is 1.37. The molecular weight excluding hydrogens is 401 g/mol. The summed E-state index contributed by atoms with van der Waals surface area (Å²) in [6.07, 6.45) is 0. The molecule has 0 N–H and O–H groups in total. The summed E-state index contributed by atoms with van der Waals surface area (Å²) in [5.74, 6) is 11.0. The maximum atomic E-state index is 4.52. The van der Waals surface area contributed by atoms with E-state index in [2.05, 4.69) is 62.3 Å². The molecule has 0 aromatic heterocycles. The number of rotatable bonds is 15. The van der Waals surface area contributed by atoms with E-state index in [0.717, 1.165) is 45.5 Å². The van der Waals surface area contributed by atoms with Crippen LogP contribution in [0.3, 0.4) is 0 Å². The van der Waals surface area contributed by atoms with Gasteiger partial charge in [-0.3, -0.25) is 0 Å². The van der Waals surface area contributed by atoms with E-state index in [9.17, 15) is 0 Å². The molecule has 0 aliphatic heterocycles. The summed E-state index contributed by atoms with van der Waals surface area (Å²) < 4.78 is 0. The highest BCUT2D eigenvalue weighted by Gasteiger charge is 2.16. The molecule has 20 heavy (non-hydrogen) atoms. The fourth-order valence-corrected chi connectivity index (χ4v) is 7.71. The predicted octanol–water partition coefficient (Wildman–Crippen LogP) is 4.38. The molecule has 0 fully saturated rings. The van der Waals surface area contributed by atoms with Gasteiger partial charge in [-0.15, -0.1) is 0 Å². The molecule has 0 heterocycles. The Balaban J connectivity index is 4.05. The lowest BCUT2D eigenvalue weighted by molar-refractivity contribution is 1.09. The standard InChI is InChI=1S/C12H26S8/c13-1-4-17-8-11(7-16)20-12(9-18-5-2-14)10-19-6-3-15/h11-16H,1-10H2. The summed E-state index contributed by atoms with van der Waals surface area (Å²) in [5.41, 5.74) is 0. The van der Waals surface area contributed by atoms with Crippen molar-refractivity contribution in [1.29, 1.82) is 0 Å². The zero-order chi connectivity index (χ0) is 15.1. The van der Waals surface area contributed by atoms with Crippen LogP contribution in [0.25, 0.3) is 0 Å². The predicted molar refractivity (Wildman–Crippen MR) is 123 cm³/mol. The smallest absolute Gasteiger partial charge is 0.0232 e. The minimum atomic E-state index is 0.654. The summed E-state index contributed by atoms with van der Waals surface area (Å²) in [6.45, 7) is 0. The Bertz CT molecular complexity index is 182. The van der Waals surface area contributed by atoms with Crippen LogP contribution < -0.4 is 0 Å². The van der Waals surface area contributed by atoms with Crippen molar-refractivity contribution in [3.05, 3.63) is 0 Å². The molecule has 0 aliphatic rings. The molecule has 0 aliphatic carbocycles. The number of thioether (sulfide) groups is 4. The third-order valence-corrected chi connectivity index (χ3v) is 9.94. The van der Waals surface area contributed by atoms with E-state index in [4.69, 9.17) is 0 Å². The van der Waals surface area contributed by atoms with E-state index in [-0.39, 0.29) is 0 Å². The summed E-state index contributed by atoms with van der Waals surface area (Å²) >= 11 is 25.5. The molecule has 1 unspecified atom stereocenters. The van der Waals surface area contributed by atoms with Crippen LogP contribution in [0.15, 0.2) is 0 Å². The SMILES string of the molecule is SCCSCC(CS)SC(CSCCS)CSCCS. The van der Waals surface area contributed by atoms with Crippen molar-refractivity contribution in [3.63, 3.8) is 0 Å². The molecule has 0 spiro atoms. The van der Waals surface area contributed by atoms with E-state index < -0.39 is 0 Å². The maximum absolute atomic E-state index is 4.52. The highest BCUT2D eigenvalue weighted by molar-refractivity contribution is 8.07. The molecule has 0 bridgehead atoms. The van der Waals surface area contributed by atoms with Gasteiger partial charge in [-0.05, 0) is 17.3 Å². The van der Waals surface area contributed by atoms with E-state index in [0.29, 0.717) is 5.25 Å². The lowest BCUT2D eigenvalue weighted by atomic mass is 10.5. The average molecular weight is 427 g/mol. The second-order valence-corrected chi connectivity index (χ2v) is 10.7. The Morgan fingerprint density at radius 1 is 0.600 bits per heavy atom. The zero-order valence-corrected chi connectivity index (χ0v) is 18.5. The molecule has 1 atom stereocenters. The number of hydrogen-bond acceptors (Lipinski definition) is 8. The van der Waals surface area contributed by atoms with Gasteiger partial charge >= 0.3 is 0 Å². The van der Waals surface area contributed by atoms with Gasteiger partial charge in [0.05, 0.1) is 0 Å². The minimum Gasteiger partial charge on any atom is -0.179 e. The highest BCUT2D eigenvalue weighted by atomic mass is 32.2. The fraction of sp³-hybridized carbons (Fsp3) is 1.00. The van der Waals surface area contributed by atoms with Crippen molar-refractivity contribution in [2.75, 3.05) is 57.5 Å². The first-order chi connectivity index (χ1) is 9.78. The second-order valence-electron chi connectivity index (χ2n) is 3.96. The lowest BCUT2D eigenvalue weighted by Crippen LogP contribution is -2.20. The van der Waals surface area contributed by atoms with Crippen LogP contribution in [-0.2, 0) is 0 Å². The van der Waals surface area contributed by atoms with Crippen LogP contribution in [0.2, 0.25) is 0 Å². The van der Waals surface area contributed by atoms with Gasteiger partial charge < -0.3 is 0 Å². The van der Waals surface area contributed by atoms with Gasteiger partial charge in [0.1, 0.15) is 0 Å². The van der Waals surface area contributed by atoms with Crippen molar-refractivity contribution < 1.29 is 0 Å². The Kier molecular flexibility index (Phi) is 20.7. The van der Waals surface area contributed by atoms with Crippen LogP contribution >= 0.6 is 97.6 Å². The van der Waals surface area contributed by atoms with Crippen LogP contribution in [0.4, 0.5) is 0 Å². The van der Waals surface area contributed by atoms with E-state index in [1.54, 1.807) is 0 Å². The van der Waals surface area contributed by atoms with Crippen LogP contribution in [0, 0.1) is 0 Å². The van der Waals surface area contributed by atoms with Gasteiger partial charge in [-0.25, -0.2) is 0 Å². The van der Waals surface area contributed by atoms with E-state index in [1.165, 1.54) is 17.3 Å². The van der Waals surface area contributed by atoms with Gasteiger partial charge in [0, 0.05) is 50.8 Å². The first kappa shape index (κ1) is 22.8. The summed E-state index contributed by atoms with van der Waals surface area (Å²) in [4.78, 5) is 0. The third-order valence-electron chi connectivity index (χ3n) is 2.21. The Morgan fingerprint density at radius 2 is 1.00 bits per heavy atom. The molecule has 0 nitrogen and oxygen atoms in total. The molecule has 122 valence electrons. The molecule has 0 aromatic rings. The summed E-state index contributed by atoms with van der Waals surface area (Å²) in [6, 6.07) is 0. The molecule has 0 rings (SSSR count). The Hall–Kier alpha value is 2.80. The minimum absolute atomic E-state index is 0.654. The first-order valence-corrected chi connectivity index (χ1v) is 13.5. The van der Waals surface area contributed by atoms with Crippen molar-refractivity contribution in [2.24, 2.45) is 0 Å². The van der Waals surface area contributed by atoms with E-state index in [1.807, 2.05) is 35.3 Å². The van der Waals surface area contributed by atoms with Gasteiger partial charge in [0.2, 0.25) is 0 Å². The van der Waals surface area contributed by atoms with E-state index >= 15 is 0 Å². The van der Waals surface area contributed by atoms with Crippen molar-refractivity contribution >= 4 is 97.6 Å². The maximum Gasteiger partial charge on any atom is 0.0232 e. The van der Waals surface area contributed by atoms with Crippen molar-refractivity contribution in [1.82, 2.24) is 0 Å². The zero-order valence-electron chi connectivity index (χ0n) is 11.6. The first-order valence-electron chi connectivity index (χ1n) is 6.60. The van der Waals surface area contributed by atoms with Crippen molar-refractivity contribution in [2.45, 2.75) is 10.5 Å². The normalized spacial score (nSPS) is 13.1. The molecule has 0 amide bonds. The fourth-order valence-electron chi connectivity index (χ4n) is 1.37. The monoisotopic (exact) mass is 426 g/mol. The number of hydrogen-bond donors (Lipinski definition) is 4. The second kappa shape index (κ2) is 18.1. The molecule has 0 saturated carbocycles. The molecule has 0 aromatic carbocycles. The average Bonchev–Trinajstić information content (AvgIpc) is 2.46. The summed E-state index contributed by atoms with van der Waals surface area (Å²) in [7, 11) is 0. The van der Waals surface area contributed by atoms with Gasteiger partial charge in [-0.1, -0.05) is 0 Å². The highest BCUT2D eigenvalue weighted by Crippen LogP contribution is 2.28. The Labute approximate surface area is 164 Å². The van der Waals surface area contributed by atoms with Crippen molar-refractivity contribution in [3.8, 4) is 0 Å². The van der Waals surface area contributed by atoms with Gasteiger partial charge in [0.15, 0.2) is 0 Å². The lowest BCUT2D eigenvalue weighted by Gasteiger charge is -2.22. The largest absolute Gasteiger partial charge is 0.179 e. The molecular formula is C12H26S8. The Morgan fingerprint density at radius 3 is 1.35 bits per heavy atom. The topological polar surface area (TPSA) is 0 Å². The van der Waals surface area contributed by atoms with Gasteiger partial charge in [0.25, 0.3) is 0 Å². The molecule has 8 heteroatoms. The molecule has 0 radical (unpaired) electrons. The number of thiol groups is 4. The quantitative estimate of drug-likeness (QED) is 0.226. The van der Waals surface area contributed by atoms with Crippen LogP contribution in [0.5, 0.6) is 0 Å². The van der Waals surface area contributed by atoms with Gasteiger partial charge in [-0.2, -0.15) is 97.6 Å². The molecule has 0 saturated heterocycles.